The van der Waals surface area contributed by atoms with Crippen LogP contribution in [-0.2, 0) is 25.8 Å². The minimum absolute atomic E-state index is 0.0916. The van der Waals surface area contributed by atoms with Gasteiger partial charge in [0.1, 0.15) is 29.4 Å². The first-order valence-corrected chi connectivity index (χ1v) is 15.4. The van der Waals surface area contributed by atoms with E-state index in [-0.39, 0.29) is 28.0 Å². The number of tetrazole rings is 1. The first-order valence-electron chi connectivity index (χ1n) is 12.5. The number of nitrogens with one attached hydrogen (secondary N) is 1. The van der Waals surface area contributed by atoms with Crippen molar-refractivity contribution in [2.24, 2.45) is 5.16 Å². The van der Waals surface area contributed by atoms with Crippen molar-refractivity contribution < 1.29 is 24.3 Å². The van der Waals surface area contributed by atoms with E-state index in [0.717, 1.165) is 37.0 Å². The summed E-state index contributed by atoms with van der Waals surface area (Å²) in [4.78, 5) is 49.3. The number of anilines is 1. The van der Waals surface area contributed by atoms with E-state index in [1.165, 1.54) is 28.4 Å². The lowest BCUT2D eigenvalue weighted by Gasteiger charge is -2.49. The summed E-state index contributed by atoms with van der Waals surface area (Å²) in [5.74, 6) is -1.78. The lowest BCUT2D eigenvalue weighted by atomic mass is 10.0. The van der Waals surface area contributed by atoms with Crippen molar-refractivity contribution in [2.45, 2.75) is 55.7 Å². The molecule has 4 heterocycles. The van der Waals surface area contributed by atoms with E-state index in [4.69, 9.17) is 10.6 Å². The van der Waals surface area contributed by atoms with Crippen LogP contribution in [0.2, 0.25) is 0 Å². The third kappa shape index (κ3) is 6.64. The molecule has 0 aliphatic carbocycles. The second-order valence-electron chi connectivity index (χ2n) is 8.74. The molecule has 2 aromatic heterocycles. The van der Waals surface area contributed by atoms with Crippen LogP contribution >= 0.6 is 34.9 Å². The molecule has 1 saturated heterocycles. The number of aromatic nitrogens is 5. The predicted octanol–water partition coefficient (Wildman–Crippen LogP) is 1.73. The highest BCUT2D eigenvalue weighted by Gasteiger charge is 2.54. The number of β-lactam (4-membered cyclic amide) rings is 1. The molecule has 214 valence electrons. The predicted molar refractivity (Wildman–Crippen MR) is 152 cm³/mol. The number of carboxylic acid groups (broad SMARTS) is 1. The zero-order valence-electron chi connectivity index (χ0n) is 21.7. The summed E-state index contributed by atoms with van der Waals surface area (Å²) in [6.45, 7) is 6.51. The SMILES string of the molecule is C=CCn1nnnc1SCC1=C(C(=O)O)N2C(=O)C(NC(=O)C(=NOCCCCCC)c3csc(N)n3)[C@@H]2SC1. The van der Waals surface area contributed by atoms with E-state index in [0.29, 0.717) is 29.6 Å². The van der Waals surface area contributed by atoms with Crippen molar-refractivity contribution in [3.05, 3.63) is 35.0 Å². The third-order valence-electron chi connectivity index (χ3n) is 5.94. The second-order valence-corrected chi connectivity index (χ2v) is 11.7. The van der Waals surface area contributed by atoms with Gasteiger partial charge in [-0.2, -0.15) is 0 Å². The second kappa shape index (κ2) is 13.8. The number of carbonyl (C=O) groups excluding carboxylic acids is 2. The van der Waals surface area contributed by atoms with Gasteiger partial charge in [0, 0.05) is 16.9 Å². The fourth-order valence-electron chi connectivity index (χ4n) is 4.00. The van der Waals surface area contributed by atoms with Crippen LogP contribution in [0.25, 0.3) is 0 Å². The monoisotopic (exact) mass is 607 g/mol. The molecule has 0 radical (unpaired) electrons. The molecule has 14 nitrogen and oxygen atoms in total. The highest BCUT2D eigenvalue weighted by molar-refractivity contribution is 8.01. The number of nitrogen functional groups attached to an aromatic ring is 1. The Balaban J connectivity index is 1.44. The highest BCUT2D eigenvalue weighted by atomic mass is 32.2. The Kier molecular flexibility index (Phi) is 10.2. The number of rotatable bonds is 15. The number of fused-ring (bicyclic) bond motifs is 1. The molecule has 0 aromatic carbocycles. The third-order valence-corrected chi connectivity index (χ3v) is 8.99. The van der Waals surface area contributed by atoms with Crippen LogP contribution < -0.4 is 11.1 Å². The number of hydrogen-bond acceptors (Lipinski definition) is 13. The Labute approximate surface area is 242 Å². The Morgan fingerprint density at radius 2 is 2.23 bits per heavy atom. The van der Waals surface area contributed by atoms with Crippen molar-refractivity contribution in [1.29, 1.82) is 0 Å². The van der Waals surface area contributed by atoms with Crippen molar-refractivity contribution in [1.82, 2.24) is 35.4 Å². The molecule has 2 amide bonds. The molecular formula is C23H29N9O5S3. The Morgan fingerprint density at radius 3 is 2.92 bits per heavy atom. The maximum atomic E-state index is 13.2. The quantitative estimate of drug-likeness (QED) is 0.0664. The molecule has 0 bridgehead atoms. The maximum absolute atomic E-state index is 13.2. The number of carbonyl (C=O) groups is 3. The lowest BCUT2D eigenvalue weighted by Crippen LogP contribution is -2.71. The topological polar surface area (TPSA) is 191 Å². The number of oxime groups is 1. The summed E-state index contributed by atoms with van der Waals surface area (Å²) in [6, 6.07) is -0.938. The van der Waals surface area contributed by atoms with E-state index < -0.39 is 29.2 Å². The molecule has 2 aliphatic rings. The molecule has 1 fully saturated rings. The number of carboxylic acids is 1. The van der Waals surface area contributed by atoms with Gasteiger partial charge in [-0.1, -0.05) is 42.8 Å². The minimum Gasteiger partial charge on any atom is -0.477 e. The Hall–Kier alpha value is -3.44. The fraction of sp³-hybridized carbons (Fsp3) is 0.478. The van der Waals surface area contributed by atoms with Crippen molar-refractivity contribution in [3.8, 4) is 0 Å². The van der Waals surface area contributed by atoms with Gasteiger partial charge < -0.3 is 21.0 Å². The number of amides is 2. The van der Waals surface area contributed by atoms with E-state index >= 15 is 0 Å². The molecular weight excluding hydrogens is 579 g/mol. The molecule has 0 spiro atoms. The van der Waals surface area contributed by atoms with E-state index in [2.05, 4.69) is 44.5 Å². The van der Waals surface area contributed by atoms with E-state index in [1.807, 2.05) is 0 Å². The zero-order valence-corrected chi connectivity index (χ0v) is 24.1. The summed E-state index contributed by atoms with van der Waals surface area (Å²) < 4.78 is 1.54. The molecule has 17 heteroatoms. The van der Waals surface area contributed by atoms with Gasteiger partial charge in [-0.05, 0) is 28.8 Å². The van der Waals surface area contributed by atoms with Gasteiger partial charge in [-0.25, -0.2) is 14.5 Å². The number of nitrogens with two attached hydrogens (primary N) is 1. The number of allylic oxidation sites excluding steroid dienone is 1. The molecule has 4 rings (SSSR count). The molecule has 2 aromatic rings. The Morgan fingerprint density at radius 1 is 1.40 bits per heavy atom. The van der Waals surface area contributed by atoms with Crippen LogP contribution in [0.5, 0.6) is 0 Å². The van der Waals surface area contributed by atoms with Crippen LogP contribution in [0, 0.1) is 0 Å². The molecule has 4 N–H and O–H groups in total. The number of nitrogens with zero attached hydrogens (tertiary/aromatic N) is 7. The highest BCUT2D eigenvalue weighted by Crippen LogP contribution is 2.41. The van der Waals surface area contributed by atoms with Gasteiger partial charge >= 0.3 is 5.97 Å². The number of thiazole rings is 1. The smallest absolute Gasteiger partial charge is 0.352 e. The van der Waals surface area contributed by atoms with Crippen molar-refractivity contribution >= 4 is 63.5 Å². The number of unbranched alkanes of at least 4 members (excludes halogenated alkanes) is 3. The van der Waals surface area contributed by atoms with Crippen molar-refractivity contribution in [2.75, 3.05) is 23.8 Å². The Bertz CT molecular complexity index is 1320. The molecule has 2 atom stereocenters. The van der Waals surface area contributed by atoms with Crippen LogP contribution in [0.4, 0.5) is 5.13 Å². The van der Waals surface area contributed by atoms with Gasteiger partial charge in [-0.15, -0.1) is 34.8 Å². The number of thioether (sulfide) groups is 2. The van der Waals surface area contributed by atoms with Crippen LogP contribution in [0.3, 0.4) is 0 Å². The van der Waals surface area contributed by atoms with E-state index in [1.54, 1.807) is 16.1 Å². The average molecular weight is 608 g/mol. The van der Waals surface area contributed by atoms with Crippen LogP contribution in [0.15, 0.2) is 39.6 Å². The summed E-state index contributed by atoms with van der Waals surface area (Å²) in [5, 5.41) is 29.9. The fourth-order valence-corrected chi connectivity index (χ4v) is 6.92. The first-order chi connectivity index (χ1) is 19.3. The van der Waals surface area contributed by atoms with Gasteiger partial charge in [0.25, 0.3) is 11.8 Å². The number of aliphatic carboxylic acids is 1. The van der Waals surface area contributed by atoms with E-state index in [9.17, 15) is 19.5 Å². The van der Waals surface area contributed by atoms with Crippen molar-refractivity contribution in [3.63, 3.8) is 0 Å². The minimum atomic E-state index is -1.22. The van der Waals surface area contributed by atoms with Crippen LogP contribution in [0.1, 0.15) is 38.3 Å². The summed E-state index contributed by atoms with van der Waals surface area (Å²) >= 11 is 3.78. The van der Waals surface area contributed by atoms with Crippen LogP contribution in [-0.4, -0.2) is 88.2 Å². The standard InChI is InChI=1S/C23H29N9O5S3/c1-3-5-6-7-9-37-28-15(14-12-39-22(24)25-14)18(33)26-16-19(34)32-17(21(35)36)13(10-38-20(16)32)11-40-23-27-29-30-31(23)8-4-2/h4,12,16,20H,2-3,5-11H2,1H3,(H2,24,25)(H,26,33)(H,35,36)/t16?,20-/m0/s1. The number of hydrogen-bond donors (Lipinski definition) is 3. The van der Waals surface area contributed by atoms with Gasteiger partial charge in [0.05, 0.1) is 6.54 Å². The molecule has 40 heavy (non-hydrogen) atoms. The largest absolute Gasteiger partial charge is 0.477 e. The van der Waals surface area contributed by atoms with Gasteiger partial charge in [0.15, 0.2) is 10.8 Å². The maximum Gasteiger partial charge on any atom is 0.352 e. The van der Waals surface area contributed by atoms with Gasteiger partial charge in [0.2, 0.25) is 5.16 Å². The molecule has 1 unspecified atom stereocenters. The summed E-state index contributed by atoms with van der Waals surface area (Å²) in [7, 11) is 0. The average Bonchev–Trinajstić information content (AvgIpc) is 3.57. The lowest BCUT2D eigenvalue weighted by molar-refractivity contribution is -0.150. The normalized spacial score (nSPS) is 18.8. The molecule has 0 saturated carbocycles. The molecule has 2 aliphatic heterocycles. The summed E-state index contributed by atoms with van der Waals surface area (Å²) in [5.41, 5.74) is 6.35. The van der Waals surface area contributed by atoms with Gasteiger partial charge in [-0.3, -0.25) is 14.5 Å². The first kappa shape index (κ1) is 29.5. The zero-order chi connectivity index (χ0) is 28.6. The summed E-state index contributed by atoms with van der Waals surface area (Å²) in [6.07, 6.45) is 5.57.